The molecule has 0 aliphatic rings. The van der Waals surface area contributed by atoms with Crippen LogP contribution in [-0.2, 0) is 0 Å². The van der Waals surface area contributed by atoms with Gasteiger partial charge in [0, 0.05) is 33.4 Å². The average Bonchev–Trinajstić information content (AvgIpc) is 2.82. The molecule has 0 saturated heterocycles. The highest BCUT2D eigenvalue weighted by molar-refractivity contribution is 9.10. The topological polar surface area (TPSA) is 45.8 Å². The summed E-state index contributed by atoms with van der Waals surface area (Å²) in [5.74, 6) is -0.114. The second kappa shape index (κ2) is 4.79. The molecule has 0 fully saturated rings. The van der Waals surface area contributed by atoms with Crippen LogP contribution in [0.5, 0.6) is 0 Å². The number of nitrogens with zero attached hydrogens (tertiary/aromatic N) is 1. The number of benzene rings is 1. The maximum absolute atomic E-state index is 12.5. The molecular weight excluding hydrogens is 328 g/mol. The van der Waals surface area contributed by atoms with Crippen LogP contribution in [0.25, 0.3) is 11.0 Å². The first-order valence-electron chi connectivity index (χ1n) is 5.58. The number of aromatic nitrogens is 2. The minimum atomic E-state index is -0.114. The van der Waals surface area contributed by atoms with Crippen LogP contribution in [0.4, 0.5) is 0 Å². The summed E-state index contributed by atoms with van der Waals surface area (Å²) in [5.41, 5.74) is 1.75. The lowest BCUT2D eigenvalue weighted by atomic mass is 10.0. The molecule has 0 aliphatic heterocycles. The Labute approximate surface area is 122 Å². The monoisotopic (exact) mass is 334 g/mol. The molecule has 3 aromatic rings. The van der Waals surface area contributed by atoms with E-state index in [1.807, 2.05) is 6.07 Å². The third-order valence-corrected chi connectivity index (χ3v) is 3.68. The number of ketones is 1. The summed E-state index contributed by atoms with van der Waals surface area (Å²) in [6.07, 6.45) is 3.35. The Hall–Kier alpha value is -1.65. The third kappa shape index (κ3) is 2.17. The molecule has 1 aromatic carbocycles. The van der Waals surface area contributed by atoms with Gasteiger partial charge in [-0.15, -0.1) is 0 Å². The highest BCUT2D eigenvalue weighted by Gasteiger charge is 2.17. The second-order valence-electron chi connectivity index (χ2n) is 4.06. The molecule has 0 bridgehead atoms. The molecule has 0 spiro atoms. The molecule has 0 aliphatic carbocycles. The first kappa shape index (κ1) is 12.4. The van der Waals surface area contributed by atoms with E-state index in [1.54, 1.807) is 36.7 Å². The highest BCUT2D eigenvalue weighted by Crippen LogP contribution is 2.26. The molecule has 19 heavy (non-hydrogen) atoms. The van der Waals surface area contributed by atoms with Gasteiger partial charge in [-0.05, 0) is 30.3 Å². The zero-order valence-corrected chi connectivity index (χ0v) is 12.0. The molecule has 0 unspecified atom stereocenters. The quantitative estimate of drug-likeness (QED) is 0.713. The number of nitrogens with one attached hydrogen (secondary N) is 1. The second-order valence-corrected chi connectivity index (χ2v) is 5.38. The zero-order chi connectivity index (χ0) is 13.4. The zero-order valence-electron chi connectivity index (χ0n) is 9.65. The van der Waals surface area contributed by atoms with Gasteiger partial charge in [0.2, 0.25) is 0 Å². The van der Waals surface area contributed by atoms with E-state index < -0.39 is 0 Å². The molecule has 3 rings (SSSR count). The van der Waals surface area contributed by atoms with E-state index in [9.17, 15) is 4.79 Å². The van der Waals surface area contributed by atoms with E-state index >= 15 is 0 Å². The minimum Gasteiger partial charge on any atom is -0.345 e. The van der Waals surface area contributed by atoms with Crippen LogP contribution in [0, 0.1) is 0 Å². The molecular formula is C14H8BrClN2O. The summed E-state index contributed by atoms with van der Waals surface area (Å²) in [6, 6.07) is 8.88. The summed E-state index contributed by atoms with van der Waals surface area (Å²) >= 11 is 9.44. The van der Waals surface area contributed by atoms with E-state index in [0.29, 0.717) is 21.8 Å². The summed E-state index contributed by atoms with van der Waals surface area (Å²) in [5, 5.41) is 1.23. The molecule has 0 atom stereocenters. The summed E-state index contributed by atoms with van der Waals surface area (Å²) in [7, 11) is 0. The van der Waals surface area contributed by atoms with Gasteiger partial charge >= 0.3 is 0 Å². The van der Waals surface area contributed by atoms with Gasteiger partial charge in [0.15, 0.2) is 5.78 Å². The molecule has 0 radical (unpaired) electrons. The van der Waals surface area contributed by atoms with Crippen LogP contribution >= 0.6 is 27.5 Å². The Morgan fingerprint density at radius 2 is 2.11 bits per heavy atom. The van der Waals surface area contributed by atoms with Gasteiger partial charge in [0.05, 0.1) is 5.02 Å². The van der Waals surface area contributed by atoms with Crippen LogP contribution in [-0.4, -0.2) is 15.8 Å². The summed E-state index contributed by atoms with van der Waals surface area (Å²) in [6.45, 7) is 0. The lowest BCUT2D eigenvalue weighted by Crippen LogP contribution is -2.01. The number of hydrogen-bond acceptors (Lipinski definition) is 2. The number of carbonyl (C=O) groups excluding carboxylic acids is 1. The van der Waals surface area contributed by atoms with Crippen molar-refractivity contribution in [1.29, 1.82) is 0 Å². The van der Waals surface area contributed by atoms with Crippen molar-refractivity contribution in [2.45, 2.75) is 0 Å². The van der Waals surface area contributed by atoms with Crippen LogP contribution in [0.1, 0.15) is 15.9 Å². The highest BCUT2D eigenvalue weighted by atomic mass is 79.9. The van der Waals surface area contributed by atoms with Gasteiger partial charge in [-0.3, -0.25) is 4.79 Å². The number of aromatic amines is 1. The Kier molecular flexibility index (Phi) is 3.12. The van der Waals surface area contributed by atoms with Gasteiger partial charge in [-0.2, -0.15) is 0 Å². The van der Waals surface area contributed by atoms with E-state index in [-0.39, 0.29) is 5.78 Å². The fourth-order valence-electron chi connectivity index (χ4n) is 1.96. The standard InChI is InChI=1S/C14H8BrClN2O/c15-8-3-4-10(12(16)6-8)13(19)11-7-18-14-9(11)2-1-5-17-14/h1-7H,(H,17,18). The van der Waals surface area contributed by atoms with Crippen LogP contribution in [0.3, 0.4) is 0 Å². The summed E-state index contributed by atoms with van der Waals surface area (Å²) in [4.78, 5) is 19.7. The molecule has 2 heterocycles. The predicted octanol–water partition coefficient (Wildman–Crippen LogP) is 4.21. The van der Waals surface area contributed by atoms with Crippen molar-refractivity contribution in [2.24, 2.45) is 0 Å². The SMILES string of the molecule is O=C(c1ccc(Br)cc1Cl)c1c[nH]c2ncccc12. The molecule has 3 nitrogen and oxygen atoms in total. The van der Waals surface area contributed by atoms with Crippen LogP contribution in [0.15, 0.2) is 47.2 Å². The first-order valence-corrected chi connectivity index (χ1v) is 6.76. The predicted molar refractivity (Wildman–Crippen MR) is 78.7 cm³/mol. The van der Waals surface area contributed by atoms with E-state index in [1.165, 1.54) is 0 Å². The molecule has 0 saturated carbocycles. The van der Waals surface area contributed by atoms with Gasteiger partial charge in [0.1, 0.15) is 5.65 Å². The lowest BCUT2D eigenvalue weighted by Gasteiger charge is -2.03. The Bertz CT molecular complexity index is 782. The largest absolute Gasteiger partial charge is 0.345 e. The Balaban J connectivity index is 2.13. The van der Waals surface area contributed by atoms with Gasteiger partial charge in [-0.1, -0.05) is 27.5 Å². The van der Waals surface area contributed by atoms with Gasteiger partial charge in [0.25, 0.3) is 0 Å². The van der Waals surface area contributed by atoms with Crippen molar-refractivity contribution in [2.75, 3.05) is 0 Å². The van der Waals surface area contributed by atoms with Gasteiger partial charge < -0.3 is 4.98 Å². The van der Waals surface area contributed by atoms with E-state index in [4.69, 9.17) is 11.6 Å². The number of H-pyrrole nitrogens is 1. The average molecular weight is 336 g/mol. The Morgan fingerprint density at radius 3 is 2.89 bits per heavy atom. The molecule has 94 valence electrons. The number of fused-ring (bicyclic) bond motifs is 1. The van der Waals surface area contributed by atoms with Crippen molar-refractivity contribution in [3.63, 3.8) is 0 Å². The third-order valence-electron chi connectivity index (χ3n) is 2.87. The van der Waals surface area contributed by atoms with Crippen molar-refractivity contribution in [3.05, 3.63) is 63.3 Å². The molecule has 1 N–H and O–H groups in total. The molecule has 2 aromatic heterocycles. The smallest absolute Gasteiger partial charge is 0.196 e. The maximum Gasteiger partial charge on any atom is 0.196 e. The number of pyridine rings is 1. The minimum absolute atomic E-state index is 0.114. The fraction of sp³-hybridized carbons (Fsp3) is 0. The van der Waals surface area contributed by atoms with Crippen molar-refractivity contribution in [3.8, 4) is 0 Å². The molecule has 0 amide bonds. The fourth-order valence-corrected chi connectivity index (χ4v) is 2.72. The number of carbonyl (C=O) groups is 1. The summed E-state index contributed by atoms with van der Waals surface area (Å²) < 4.78 is 0.842. The number of hydrogen-bond donors (Lipinski definition) is 1. The van der Waals surface area contributed by atoms with E-state index in [2.05, 4.69) is 25.9 Å². The van der Waals surface area contributed by atoms with Crippen molar-refractivity contribution >= 4 is 44.3 Å². The van der Waals surface area contributed by atoms with Crippen LogP contribution < -0.4 is 0 Å². The maximum atomic E-state index is 12.5. The lowest BCUT2D eigenvalue weighted by molar-refractivity contribution is 0.104. The van der Waals surface area contributed by atoms with Gasteiger partial charge in [-0.25, -0.2) is 4.98 Å². The first-order chi connectivity index (χ1) is 9.16. The Morgan fingerprint density at radius 1 is 1.26 bits per heavy atom. The van der Waals surface area contributed by atoms with Crippen molar-refractivity contribution < 1.29 is 4.79 Å². The van der Waals surface area contributed by atoms with Crippen molar-refractivity contribution in [1.82, 2.24) is 9.97 Å². The molecule has 5 heteroatoms. The number of halogens is 2. The number of rotatable bonds is 2. The normalized spacial score (nSPS) is 10.8. The van der Waals surface area contributed by atoms with E-state index in [0.717, 1.165) is 9.86 Å². The van der Waals surface area contributed by atoms with Crippen LogP contribution in [0.2, 0.25) is 5.02 Å².